The number of benzene rings is 1. The van der Waals surface area contributed by atoms with Crippen LogP contribution in [0.2, 0.25) is 5.02 Å². The Kier molecular flexibility index (Phi) is 5.38. The molecule has 2 aromatic heterocycles. The van der Waals surface area contributed by atoms with E-state index in [1.807, 2.05) is 0 Å². The van der Waals surface area contributed by atoms with E-state index in [2.05, 4.69) is 20.1 Å². The molecule has 0 aliphatic heterocycles. The van der Waals surface area contributed by atoms with Crippen molar-refractivity contribution < 1.29 is 23.9 Å². The van der Waals surface area contributed by atoms with Crippen LogP contribution in [0.1, 0.15) is 20.8 Å². The topological polar surface area (TPSA) is 112 Å². The lowest BCUT2D eigenvalue weighted by atomic mass is 10.2. The number of ether oxygens (including phenoxy) is 2. The number of anilines is 1. The minimum absolute atomic E-state index is 0.0673. The fourth-order valence-electron chi connectivity index (χ4n) is 2.18. The lowest BCUT2D eigenvalue weighted by Gasteiger charge is -2.03. The predicted molar refractivity (Wildman–Crippen MR) is 98.1 cm³/mol. The molecule has 1 N–H and O–H groups in total. The van der Waals surface area contributed by atoms with Crippen molar-refractivity contribution >= 4 is 56.1 Å². The smallest absolute Gasteiger partial charge is 0.360 e. The minimum Gasteiger partial charge on any atom is -0.465 e. The van der Waals surface area contributed by atoms with Gasteiger partial charge in [0.25, 0.3) is 5.91 Å². The number of hydrogen-bond donors (Lipinski definition) is 1. The normalized spacial score (nSPS) is 10.6. The van der Waals surface area contributed by atoms with Crippen LogP contribution >= 0.6 is 22.9 Å². The first-order valence-electron chi connectivity index (χ1n) is 7.52. The lowest BCUT2D eigenvalue weighted by Crippen LogP contribution is -2.21. The van der Waals surface area contributed by atoms with Crippen LogP contribution in [0.3, 0.4) is 0 Å². The summed E-state index contributed by atoms with van der Waals surface area (Å²) in [6.07, 6.45) is 1.45. The molecule has 11 heteroatoms. The summed E-state index contributed by atoms with van der Waals surface area (Å²) in [6, 6.07) is 4.85. The van der Waals surface area contributed by atoms with Gasteiger partial charge in [-0.2, -0.15) is 5.10 Å². The molecule has 9 nitrogen and oxygen atoms in total. The maximum atomic E-state index is 12.0. The number of thiazole rings is 1. The molecule has 0 unspecified atom stereocenters. The number of rotatable bonds is 5. The van der Waals surface area contributed by atoms with Crippen molar-refractivity contribution in [3.8, 4) is 0 Å². The summed E-state index contributed by atoms with van der Waals surface area (Å²) in [7, 11) is 2.90. The van der Waals surface area contributed by atoms with E-state index in [0.717, 1.165) is 0 Å². The number of aryl methyl sites for hydroxylation is 1. The average Bonchev–Trinajstić information content (AvgIpc) is 3.19. The lowest BCUT2D eigenvalue weighted by molar-refractivity contribution is -0.119. The predicted octanol–water partition coefficient (Wildman–Crippen LogP) is 2.27. The SMILES string of the molecule is COC(=O)c1ccc2nc(NC(=O)COC(=O)c3nn(C)cc3Cl)sc2c1. The number of esters is 2. The highest BCUT2D eigenvalue weighted by Gasteiger charge is 2.18. The van der Waals surface area contributed by atoms with Gasteiger partial charge in [0.05, 0.1) is 27.9 Å². The van der Waals surface area contributed by atoms with Crippen LogP contribution < -0.4 is 5.32 Å². The van der Waals surface area contributed by atoms with Crippen molar-refractivity contribution in [2.75, 3.05) is 19.0 Å². The summed E-state index contributed by atoms with van der Waals surface area (Å²) < 4.78 is 11.6. The van der Waals surface area contributed by atoms with E-state index in [0.29, 0.717) is 20.9 Å². The number of nitrogens with one attached hydrogen (secondary N) is 1. The molecule has 0 radical (unpaired) electrons. The number of halogens is 1. The Morgan fingerprint density at radius 1 is 1.30 bits per heavy atom. The molecule has 0 bridgehead atoms. The molecule has 3 aromatic rings. The third kappa shape index (κ3) is 4.23. The summed E-state index contributed by atoms with van der Waals surface area (Å²) in [5.41, 5.74) is 0.926. The van der Waals surface area contributed by atoms with Gasteiger partial charge in [-0.05, 0) is 18.2 Å². The second kappa shape index (κ2) is 7.72. The highest BCUT2D eigenvalue weighted by Crippen LogP contribution is 2.27. The van der Waals surface area contributed by atoms with E-state index in [9.17, 15) is 14.4 Å². The molecule has 0 aliphatic carbocycles. The van der Waals surface area contributed by atoms with Crippen LogP contribution in [0, 0.1) is 0 Å². The van der Waals surface area contributed by atoms with Gasteiger partial charge in [-0.1, -0.05) is 22.9 Å². The number of fused-ring (bicyclic) bond motifs is 1. The largest absolute Gasteiger partial charge is 0.465 e. The maximum Gasteiger partial charge on any atom is 0.360 e. The third-order valence-corrected chi connectivity index (χ3v) is 4.58. The number of methoxy groups -OCH3 is 1. The highest BCUT2D eigenvalue weighted by atomic mass is 35.5. The molecule has 0 fully saturated rings. The van der Waals surface area contributed by atoms with E-state index in [4.69, 9.17) is 16.3 Å². The van der Waals surface area contributed by atoms with Crippen molar-refractivity contribution in [2.45, 2.75) is 0 Å². The van der Waals surface area contributed by atoms with Crippen molar-refractivity contribution in [2.24, 2.45) is 7.05 Å². The second-order valence-corrected chi connectivity index (χ2v) is 6.75. The number of nitrogens with zero attached hydrogens (tertiary/aromatic N) is 3. The number of carbonyl (C=O) groups excluding carboxylic acids is 3. The van der Waals surface area contributed by atoms with E-state index < -0.39 is 24.5 Å². The van der Waals surface area contributed by atoms with Crippen molar-refractivity contribution in [3.05, 3.63) is 40.7 Å². The Morgan fingerprint density at radius 2 is 2.07 bits per heavy atom. The first-order chi connectivity index (χ1) is 12.9. The van der Waals surface area contributed by atoms with Gasteiger partial charge in [-0.3, -0.25) is 14.8 Å². The summed E-state index contributed by atoms with van der Waals surface area (Å²) in [6.45, 7) is -0.519. The number of carbonyl (C=O) groups is 3. The number of amides is 1. The number of aromatic nitrogens is 3. The maximum absolute atomic E-state index is 12.0. The Balaban J connectivity index is 1.63. The van der Waals surface area contributed by atoms with Crippen LogP contribution in [-0.2, 0) is 21.3 Å². The standard InChI is InChI=1S/C16H13ClN4O5S/c1-21-6-9(17)13(20-21)15(24)26-7-12(22)19-16-18-10-4-3-8(14(23)25-2)5-11(10)27-16/h3-6H,7H2,1-2H3,(H,18,19,22). The van der Waals surface area contributed by atoms with Gasteiger partial charge < -0.3 is 9.47 Å². The van der Waals surface area contributed by atoms with Crippen LogP contribution in [0.5, 0.6) is 0 Å². The zero-order valence-electron chi connectivity index (χ0n) is 14.2. The van der Waals surface area contributed by atoms with Crippen LogP contribution in [0.25, 0.3) is 10.2 Å². The number of hydrogen-bond acceptors (Lipinski definition) is 8. The summed E-state index contributed by atoms with van der Waals surface area (Å²) >= 11 is 7.03. The van der Waals surface area contributed by atoms with Gasteiger partial charge in [0.1, 0.15) is 0 Å². The van der Waals surface area contributed by atoms with Crippen molar-refractivity contribution in [1.29, 1.82) is 0 Å². The first-order valence-corrected chi connectivity index (χ1v) is 8.72. The Hall–Kier alpha value is -2.98. The molecule has 3 rings (SSSR count). The van der Waals surface area contributed by atoms with Gasteiger partial charge in [0.15, 0.2) is 17.4 Å². The van der Waals surface area contributed by atoms with Crippen LogP contribution in [0.15, 0.2) is 24.4 Å². The zero-order chi connectivity index (χ0) is 19.6. The Morgan fingerprint density at radius 3 is 2.74 bits per heavy atom. The van der Waals surface area contributed by atoms with E-state index in [-0.39, 0.29) is 10.7 Å². The molecule has 1 aromatic carbocycles. The molecule has 1 amide bonds. The zero-order valence-corrected chi connectivity index (χ0v) is 15.8. The molecule has 140 valence electrons. The monoisotopic (exact) mass is 408 g/mol. The first kappa shape index (κ1) is 18.8. The summed E-state index contributed by atoms with van der Waals surface area (Å²) in [4.78, 5) is 39.7. The minimum atomic E-state index is -0.803. The third-order valence-electron chi connectivity index (χ3n) is 3.37. The van der Waals surface area contributed by atoms with Crippen molar-refractivity contribution in [1.82, 2.24) is 14.8 Å². The molecule has 2 heterocycles. The molecule has 0 saturated heterocycles. The fourth-order valence-corrected chi connectivity index (χ4v) is 3.35. The molecular weight excluding hydrogens is 396 g/mol. The molecule has 0 spiro atoms. The van der Waals surface area contributed by atoms with Gasteiger partial charge in [-0.25, -0.2) is 14.6 Å². The molecule has 27 heavy (non-hydrogen) atoms. The molecular formula is C16H13ClN4O5S. The van der Waals surface area contributed by atoms with Gasteiger partial charge in [0, 0.05) is 13.2 Å². The van der Waals surface area contributed by atoms with Crippen LogP contribution in [-0.4, -0.2) is 46.3 Å². The van der Waals surface area contributed by atoms with Gasteiger partial charge >= 0.3 is 11.9 Å². The Labute approximate surface area is 161 Å². The van der Waals surface area contributed by atoms with Gasteiger partial charge in [0.2, 0.25) is 0 Å². The summed E-state index contributed by atoms with van der Waals surface area (Å²) in [5.74, 6) is -1.83. The fraction of sp³-hybridized carbons (Fsp3) is 0.188. The second-order valence-electron chi connectivity index (χ2n) is 5.32. The summed E-state index contributed by atoms with van der Waals surface area (Å²) in [5, 5.41) is 6.84. The van der Waals surface area contributed by atoms with Gasteiger partial charge in [-0.15, -0.1) is 0 Å². The Bertz CT molecular complexity index is 1040. The highest BCUT2D eigenvalue weighted by molar-refractivity contribution is 7.22. The quantitative estimate of drug-likeness (QED) is 0.644. The molecule has 0 saturated carbocycles. The van der Waals surface area contributed by atoms with Crippen molar-refractivity contribution in [3.63, 3.8) is 0 Å². The van der Waals surface area contributed by atoms with Crippen LogP contribution in [0.4, 0.5) is 5.13 Å². The molecule has 0 atom stereocenters. The van der Waals surface area contributed by atoms with E-state index in [1.54, 1.807) is 25.2 Å². The average molecular weight is 409 g/mol. The van der Waals surface area contributed by atoms with E-state index >= 15 is 0 Å². The molecule has 0 aliphatic rings. The van der Waals surface area contributed by atoms with E-state index in [1.165, 1.54) is 29.3 Å².